The fourth-order valence-electron chi connectivity index (χ4n) is 4.29. The average molecular weight is 504 g/mol. The monoisotopic (exact) mass is 503 g/mol. The van der Waals surface area contributed by atoms with Gasteiger partial charge >= 0.3 is 5.97 Å². The van der Waals surface area contributed by atoms with Gasteiger partial charge in [0, 0.05) is 30.1 Å². The van der Waals surface area contributed by atoms with Crippen molar-refractivity contribution in [3.63, 3.8) is 0 Å². The van der Waals surface area contributed by atoms with E-state index >= 15 is 0 Å². The van der Waals surface area contributed by atoms with Crippen molar-refractivity contribution in [2.75, 3.05) is 18.6 Å². The molecule has 1 fully saturated rings. The molecule has 4 atom stereocenters. The predicted molar refractivity (Wildman–Crippen MR) is 135 cm³/mol. The number of H-pyrrole nitrogens is 1. The summed E-state index contributed by atoms with van der Waals surface area (Å²) in [6, 6.07) is 4.05. The van der Waals surface area contributed by atoms with Gasteiger partial charge in [0.05, 0.1) is 6.04 Å². The first-order valence-corrected chi connectivity index (χ1v) is 13.1. The van der Waals surface area contributed by atoms with Crippen molar-refractivity contribution in [2.24, 2.45) is 5.73 Å². The number of hydrogen-bond donors (Lipinski definition) is 5. The van der Waals surface area contributed by atoms with Crippen molar-refractivity contribution in [3.05, 3.63) is 36.0 Å². The van der Waals surface area contributed by atoms with Gasteiger partial charge in [-0.2, -0.15) is 11.8 Å². The normalized spacial score (nSPS) is 18.1. The summed E-state index contributed by atoms with van der Waals surface area (Å²) in [6.07, 6.45) is 5.17. The fourth-order valence-corrected chi connectivity index (χ4v) is 4.76. The van der Waals surface area contributed by atoms with E-state index in [1.165, 1.54) is 23.6 Å². The Morgan fingerprint density at radius 2 is 1.91 bits per heavy atom. The number of aromatic amines is 1. The molecule has 0 radical (unpaired) electrons. The second-order valence-electron chi connectivity index (χ2n) is 8.78. The number of benzene rings is 1. The number of hydrogen-bond acceptors (Lipinski definition) is 6. The van der Waals surface area contributed by atoms with Crippen molar-refractivity contribution >= 4 is 46.4 Å². The first-order chi connectivity index (χ1) is 16.7. The minimum Gasteiger partial charge on any atom is -0.480 e. The smallest absolute Gasteiger partial charge is 0.326 e. The second kappa shape index (κ2) is 12.1. The number of nitrogens with one attached hydrogen (secondary N) is 3. The van der Waals surface area contributed by atoms with E-state index in [0.29, 0.717) is 31.6 Å². The molecule has 2 heterocycles. The molecule has 1 aromatic heterocycles. The van der Waals surface area contributed by atoms with Gasteiger partial charge in [-0.15, -0.1) is 0 Å². The first-order valence-electron chi connectivity index (χ1n) is 11.7. The first kappa shape index (κ1) is 26.6. The molecule has 10 nitrogen and oxygen atoms in total. The molecule has 6 N–H and O–H groups in total. The number of aliphatic carboxylic acids is 1. The van der Waals surface area contributed by atoms with Crippen LogP contribution in [0.15, 0.2) is 30.5 Å². The Hall–Kier alpha value is -3.05. The Morgan fingerprint density at radius 1 is 1.20 bits per heavy atom. The maximum atomic E-state index is 13.6. The topological polar surface area (TPSA) is 158 Å². The van der Waals surface area contributed by atoms with Gasteiger partial charge in [-0.25, -0.2) is 4.79 Å². The van der Waals surface area contributed by atoms with Crippen molar-refractivity contribution < 1.29 is 24.3 Å². The quantitative estimate of drug-likeness (QED) is 0.304. The highest BCUT2D eigenvalue weighted by molar-refractivity contribution is 7.98. The van der Waals surface area contributed by atoms with Crippen LogP contribution in [0.2, 0.25) is 0 Å². The number of thioether (sulfide) groups is 1. The lowest BCUT2D eigenvalue weighted by molar-refractivity contribution is -0.149. The molecule has 190 valence electrons. The minimum atomic E-state index is -1.06. The molecule has 1 aliphatic rings. The van der Waals surface area contributed by atoms with E-state index in [0.717, 1.165) is 16.5 Å². The molecule has 1 aliphatic heterocycles. The summed E-state index contributed by atoms with van der Waals surface area (Å²) in [5, 5.41) is 16.0. The Morgan fingerprint density at radius 3 is 2.60 bits per heavy atom. The van der Waals surface area contributed by atoms with Crippen LogP contribution in [0.3, 0.4) is 0 Å². The van der Waals surface area contributed by atoms with E-state index in [4.69, 9.17) is 5.73 Å². The summed E-state index contributed by atoms with van der Waals surface area (Å²) < 4.78 is 0. The summed E-state index contributed by atoms with van der Waals surface area (Å²) >= 11 is 1.53. The van der Waals surface area contributed by atoms with E-state index in [9.17, 15) is 24.3 Å². The van der Waals surface area contributed by atoms with E-state index < -0.39 is 47.9 Å². The molecule has 1 saturated heterocycles. The zero-order valence-electron chi connectivity index (χ0n) is 20.0. The third-order valence-electron chi connectivity index (χ3n) is 6.19. The van der Waals surface area contributed by atoms with Gasteiger partial charge in [-0.3, -0.25) is 14.4 Å². The highest BCUT2D eigenvalue weighted by Crippen LogP contribution is 2.23. The number of rotatable bonds is 11. The number of nitrogens with two attached hydrogens (primary N) is 1. The number of carbonyl (C=O) groups is 4. The Bertz CT molecular complexity index is 1070. The molecule has 3 amide bonds. The molecule has 0 saturated carbocycles. The summed E-state index contributed by atoms with van der Waals surface area (Å²) in [4.78, 5) is 55.2. The van der Waals surface area contributed by atoms with Crippen LogP contribution in [-0.2, 0) is 25.6 Å². The minimum absolute atomic E-state index is 0.175. The van der Waals surface area contributed by atoms with Crippen LogP contribution in [0.5, 0.6) is 0 Å². The molecular weight excluding hydrogens is 470 g/mol. The van der Waals surface area contributed by atoms with E-state index in [-0.39, 0.29) is 6.42 Å². The van der Waals surface area contributed by atoms with Gasteiger partial charge in [0.25, 0.3) is 0 Å². The molecular formula is C24H33N5O5S. The third kappa shape index (κ3) is 6.55. The highest BCUT2D eigenvalue weighted by Gasteiger charge is 2.38. The molecule has 35 heavy (non-hydrogen) atoms. The largest absolute Gasteiger partial charge is 0.480 e. The number of aromatic nitrogens is 1. The molecule has 0 spiro atoms. The summed E-state index contributed by atoms with van der Waals surface area (Å²) in [5.74, 6) is -1.86. The Kier molecular flexibility index (Phi) is 9.16. The van der Waals surface area contributed by atoms with E-state index in [2.05, 4.69) is 15.6 Å². The van der Waals surface area contributed by atoms with Crippen molar-refractivity contribution in [1.82, 2.24) is 20.5 Å². The number of carboxylic acid groups (broad SMARTS) is 1. The molecule has 11 heteroatoms. The molecule has 1 aromatic carbocycles. The van der Waals surface area contributed by atoms with Crippen LogP contribution in [0.1, 0.15) is 31.7 Å². The number of carboxylic acids is 1. The zero-order valence-corrected chi connectivity index (χ0v) is 20.8. The van der Waals surface area contributed by atoms with Crippen molar-refractivity contribution in [1.29, 1.82) is 0 Å². The molecule has 2 aromatic rings. The van der Waals surface area contributed by atoms with E-state index in [1.807, 2.05) is 30.5 Å². The van der Waals surface area contributed by atoms with Gasteiger partial charge in [-0.1, -0.05) is 18.2 Å². The summed E-state index contributed by atoms with van der Waals surface area (Å²) in [7, 11) is 0. The van der Waals surface area contributed by atoms with Crippen molar-refractivity contribution in [2.45, 2.75) is 56.8 Å². The lowest BCUT2D eigenvalue weighted by Crippen LogP contribution is -2.57. The average Bonchev–Trinajstić information content (AvgIpc) is 3.48. The zero-order chi connectivity index (χ0) is 25.5. The van der Waals surface area contributed by atoms with Gasteiger partial charge in [0.15, 0.2) is 0 Å². The van der Waals surface area contributed by atoms with Crippen LogP contribution in [0, 0.1) is 0 Å². The van der Waals surface area contributed by atoms with Crippen LogP contribution < -0.4 is 16.4 Å². The van der Waals surface area contributed by atoms with Gasteiger partial charge in [-0.05, 0) is 49.8 Å². The number of carbonyl (C=O) groups excluding carboxylic acids is 3. The summed E-state index contributed by atoms with van der Waals surface area (Å²) in [5.41, 5.74) is 7.38. The lowest BCUT2D eigenvalue weighted by Gasteiger charge is -2.29. The fraction of sp³-hybridized carbons (Fsp3) is 0.500. The van der Waals surface area contributed by atoms with Crippen LogP contribution >= 0.6 is 11.8 Å². The Balaban J connectivity index is 1.87. The van der Waals surface area contributed by atoms with Gasteiger partial charge in [0.2, 0.25) is 17.7 Å². The van der Waals surface area contributed by atoms with Crippen LogP contribution in [0.25, 0.3) is 10.9 Å². The predicted octanol–water partition coefficient (Wildman–Crippen LogP) is 0.856. The SMILES string of the molecule is CSCCC(NC(=O)C(C)N)C(=O)NC(Cc1c[nH]c2ccccc12)C(=O)N1CCCC1C(=O)O. The molecule has 0 bridgehead atoms. The highest BCUT2D eigenvalue weighted by atomic mass is 32.2. The van der Waals surface area contributed by atoms with Crippen molar-refractivity contribution in [3.8, 4) is 0 Å². The third-order valence-corrected chi connectivity index (χ3v) is 6.84. The van der Waals surface area contributed by atoms with Gasteiger partial charge < -0.3 is 31.4 Å². The Labute approximate surface area is 208 Å². The number of para-hydroxylation sites is 1. The maximum absolute atomic E-state index is 13.6. The van der Waals surface area contributed by atoms with E-state index in [1.54, 1.807) is 6.20 Å². The number of amides is 3. The van der Waals surface area contributed by atoms with Gasteiger partial charge in [0.1, 0.15) is 18.1 Å². The standard InChI is InChI=1S/C24H33N5O5S/c1-14(25)21(30)27-18(9-11-35-2)22(31)28-19(23(32)29-10-5-8-20(29)24(33)34)12-15-13-26-17-7-4-3-6-16(15)17/h3-4,6-7,13-14,18-20,26H,5,8-12,25H2,1-2H3,(H,27,30)(H,28,31)(H,33,34). The number of fused-ring (bicyclic) bond motifs is 1. The molecule has 4 unspecified atom stereocenters. The molecule has 3 rings (SSSR count). The number of likely N-dealkylation sites (tertiary alicyclic amines) is 1. The van der Waals surface area contributed by atoms with Crippen LogP contribution in [-0.4, -0.2) is 81.4 Å². The lowest BCUT2D eigenvalue weighted by atomic mass is 10.0. The second-order valence-corrected chi connectivity index (χ2v) is 9.77. The maximum Gasteiger partial charge on any atom is 0.326 e. The number of nitrogens with zero attached hydrogens (tertiary/aromatic N) is 1. The summed E-state index contributed by atoms with van der Waals surface area (Å²) in [6.45, 7) is 1.84. The van der Waals surface area contributed by atoms with Crippen LogP contribution in [0.4, 0.5) is 0 Å². The molecule has 0 aliphatic carbocycles.